The van der Waals surface area contributed by atoms with Gasteiger partial charge >= 0.3 is 23.9 Å². The quantitative estimate of drug-likeness (QED) is 0.00745. The molecule has 5 aromatic rings. The third kappa shape index (κ3) is 22.4. The van der Waals surface area contributed by atoms with E-state index in [1.54, 1.807) is 65.8 Å². The highest BCUT2D eigenvalue weighted by atomic mass is 32.1. The lowest BCUT2D eigenvalue weighted by Crippen LogP contribution is -2.27. The number of aliphatic hydroxyl groups is 1. The maximum absolute atomic E-state index is 13.7. The van der Waals surface area contributed by atoms with Crippen molar-refractivity contribution < 1.29 is 72.3 Å². The molecule has 0 spiro atoms. The molecule has 19 heteroatoms. The molecule has 1 aromatic heterocycles. The van der Waals surface area contributed by atoms with Gasteiger partial charge in [0.25, 0.3) is 0 Å². The number of benzene rings is 4. The van der Waals surface area contributed by atoms with Gasteiger partial charge in [0.1, 0.15) is 23.0 Å². The summed E-state index contributed by atoms with van der Waals surface area (Å²) >= 11 is 1.52. The lowest BCUT2D eigenvalue weighted by atomic mass is 9.82. The number of rotatable bonds is 37. The Bertz CT molecular complexity index is 2770. The molecular formula is C64H79N3O15S. The smallest absolute Gasteiger partial charge is 0.330 e. The van der Waals surface area contributed by atoms with Crippen LogP contribution in [0.3, 0.4) is 0 Å². The molecule has 1 heterocycles. The first-order valence-electron chi connectivity index (χ1n) is 29.1. The van der Waals surface area contributed by atoms with Crippen LogP contribution in [0.15, 0.2) is 121 Å². The van der Waals surface area contributed by atoms with Crippen LogP contribution in [-0.2, 0) is 38.4 Å². The molecule has 0 amide bonds. The minimum atomic E-state index is -0.403. The number of aliphatic hydroxyl groups excluding tert-OH is 1. The predicted octanol–water partition coefficient (Wildman–Crippen LogP) is 12.7. The molecule has 446 valence electrons. The molecule has 0 radical (unpaired) electrons. The summed E-state index contributed by atoms with van der Waals surface area (Å²) in [5, 5.41) is 17.0. The number of anilines is 1. The van der Waals surface area contributed by atoms with Crippen molar-refractivity contribution in [3.05, 3.63) is 122 Å². The Morgan fingerprint density at radius 2 is 1.08 bits per heavy atom. The van der Waals surface area contributed by atoms with Gasteiger partial charge in [0.05, 0.1) is 67.9 Å². The molecule has 2 saturated carbocycles. The van der Waals surface area contributed by atoms with Crippen molar-refractivity contribution in [3.63, 3.8) is 0 Å². The van der Waals surface area contributed by atoms with Crippen LogP contribution in [0.2, 0.25) is 0 Å². The van der Waals surface area contributed by atoms with E-state index in [1.807, 2.05) is 36.4 Å². The van der Waals surface area contributed by atoms with Crippen molar-refractivity contribution >= 4 is 56.8 Å². The molecule has 0 bridgehead atoms. The number of hydrogen-bond acceptors (Lipinski definition) is 19. The summed E-state index contributed by atoms with van der Waals surface area (Å²) in [5.74, 6) is 1.66. The van der Waals surface area contributed by atoms with Crippen LogP contribution in [-0.4, -0.2) is 93.0 Å². The van der Waals surface area contributed by atoms with Gasteiger partial charge in [-0.25, -0.2) is 19.6 Å². The molecular weight excluding hydrogens is 1080 g/mol. The van der Waals surface area contributed by atoms with E-state index in [-0.39, 0.29) is 42.2 Å². The summed E-state index contributed by atoms with van der Waals surface area (Å²) in [5.41, 5.74) is 1.38. The van der Waals surface area contributed by atoms with Gasteiger partial charge in [-0.05, 0) is 206 Å². The summed E-state index contributed by atoms with van der Waals surface area (Å²) in [6.07, 6.45) is 18.1. The zero-order valence-corrected chi connectivity index (χ0v) is 48.2. The molecule has 0 aliphatic heterocycles. The van der Waals surface area contributed by atoms with Gasteiger partial charge in [0.2, 0.25) is 5.13 Å². The highest BCUT2D eigenvalue weighted by molar-refractivity contribution is 7.22. The van der Waals surface area contributed by atoms with E-state index in [4.69, 9.17) is 58.1 Å². The van der Waals surface area contributed by atoms with E-state index in [0.717, 1.165) is 99.1 Å². The number of nitrogens with zero attached hydrogens (tertiary/aromatic N) is 3. The summed E-state index contributed by atoms with van der Waals surface area (Å²) in [4.78, 5) is 77.1. The number of hydrazone groups is 1. The van der Waals surface area contributed by atoms with Crippen molar-refractivity contribution in [1.82, 2.24) is 4.98 Å². The monoisotopic (exact) mass is 1160 g/mol. The third-order valence-corrected chi connectivity index (χ3v) is 15.4. The number of aromatic nitrogens is 1. The maximum atomic E-state index is 13.7. The van der Waals surface area contributed by atoms with E-state index >= 15 is 0 Å². The van der Waals surface area contributed by atoms with E-state index < -0.39 is 11.9 Å². The Hall–Kier alpha value is -7.32. The maximum Gasteiger partial charge on any atom is 0.330 e. The molecule has 18 nitrogen and oxygen atoms in total. The molecule has 4 aromatic carbocycles. The van der Waals surface area contributed by atoms with Crippen LogP contribution in [0.1, 0.15) is 121 Å². The van der Waals surface area contributed by atoms with E-state index in [1.165, 1.54) is 17.4 Å². The normalized spacial score (nSPS) is 16.8. The average molecular weight is 1160 g/mol. The Morgan fingerprint density at radius 1 is 0.578 bits per heavy atom. The first-order chi connectivity index (χ1) is 40.7. The highest BCUT2D eigenvalue weighted by Crippen LogP contribution is 2.35. The van der Waals surface area contributed by atoms with E-state index in [0.29, 0.717) is 124 Å². The van der Waals surface area contributed by atoms with Crippen LogP contribution in [0.4, 0.5) is 5.13 Å². The zero-order chi connectivity index (χ0) is 58.3. The summed E-state index contributed by atoms with van der Waals surface area (Å²) in [6, 6.07) is 27.4. The van der Waals surface area contributed by atoms with Crippen molar-refractivity contribution in [2.75, 3.05) is 57.8 Å². The van der Waals surface area contributed by atoms with Crippen LogP contribution >= 0.6 is 11.3 Å². The molecule has 0 unspecified atom stereocenters. The molecule has 0 saturated heterocycles. The fraction of sp³-hybridized carbons (Fsp3) is 0.469. The van der Waals surface area contributed by atoms with Crippen molar-refractivity contribution in [3.8, 4) is 34.5 Å². The van der Waals surface area contributed by atoms with Gasteiger partial charge < -0.3 is 43.3 Å². The van der Waals surface area contributed by atoms with Gasteiger partial charge in [-0.1, -0.05) is 36.6 Å². The first kappa shape index (κ1) is 63.3. The van der Waals surface area contributed by atoms with E-state index in [2.05, 4.69) is 13.2 Å². The first-order valence-corrected chi connectivity index (χ1v) is 30.0. The summed E-state index contributed by atoms with van der Waals surface area (Å²) in [6.45, 7) is 9.96. The highest BCUT2D eigenvalue weighted by Gasteiger charge is 2.30. The second-order valence-corrected chi connectivity index (χ2v) is 21.7. The van der Waals surface area contributed by atoms with Gasteiger partial charge in [0, 0.05) is 30.9 Å². The van der Waals surface area contributed by atoms with Crippen LogP contribution < -0.4 is 33.7 Å². The number of fused-ring (bicyclic) bond motifs is 1. The van der Waals surface area contributed by atoms with Crippen molar-refractivity contribution in [2.24, 2.45) is 28.8 Å². The number of esters is 4. The molecule has 1 N–H and O–H groups in total. The second-order valence-electron chi connectivity index (χ2n) is 20.7. The molecule has 83 heavy (non-hydrogen) atoms. The minimum Gasteiger partial charge on any atom is -0.494 e. The lowest BCUT2D eigenvalue weighted by Gasteiger charge is -2.27. The number of hydrogen-bond donors (Lipinski definition) is 1. The minimum absolute atomic E-state index is 0.0564. The number of para-hydroxylation sites is 1. The summed E-state index contributed by atoms with van der Waals surface area (Å²) in [7, 11) is 0. The Morgan fingerprint density at radius 3 is 1.64 bits per heavy atom. The van der Waals surface area contributed by atoms with Gasteiger partial charge in [0.15, 0.2) is 11.5 Å². The number of carbonyl (C=O) groups is 4. The predicted molar refractivity (Wildman–Crippen MR) is 316 cm³/mol. The zero-order valence-electron chi connectivity index (χ0n) is 47.4. The molecule has 7 rings (SSSR count). The second kappa shape index (κ2) is 35.6. The number of thiazole rings is 1. The summed E-state index contributed by atoms with van der Waals surface area (Å²) < 4.78 is 34.5. The standard InChI is InChI=1S/C64H79N3O15S/c1-3-60(69)75-41-15-7-5-13-39-73-52-27-31-54(32-28-52)79-62(71)49-23-21-48(22-24-49)46-78-82-58-36-35-56(43-51(58)44-65-67(37-11-12-38-68)64-66-57-17-9-10-18-59(57)83-64)80-63(72)50-25-19-47(20-26-50)45-77-81-55-33-29-53(30-34-55)74-40-14-6-8-16-42-76-61(70)4-2/h3-4,9-10,17-18,27-36,43-44,47-50,68H,1-2,5-8,11-16,19-26,37-42,45-46H2/b65-44+. The third-order valence-electron chi connectivity index (χ3n) is 14.4. The SMILES string of the molecule is C=CC(=O)OCCCCCCOc1ccc(OOCC2CCC(C(=O)Oc3ccc(OOCC4CCC(C(=O)Oc5ccc(OCCCCCCOC(=O)C=C)cc5)CC4)c(/C=N/N(CCCCO)c4nc5ccccc5s4)c3)CC2)cc1. The Labute approximate surface area is 490 Å². The molecule has 2 aliphatic rings. The molecule has 2 fully saturated rings. The fourth-order valence-electron chi connectivity index (χ4n) is 9.52. The van der Waals surface area contributed by atoms with Crippen LogP contribution in [0.25, 0.3) is 10.2 Å². The van der Waals surface area contributed by atoms with E-state index in [9.17, 15) is 24.3 Å². The Balaban J connectivity index is 0.855. The number of unbranched alkanes of at least 4 members (excludes halogenated alkanes) is 7. The molecule has 2 aliphatic carbocycles. The number of ether oxygens (including phenoxy) is 6. The van der Waals surface area contributed by atoms with Crippen molar-refractivity contribution in [1.29, 1.82) is 0 Å². The van der Waals surface area contributed by atoms with Gasteiger partial charge in [-0.15, -0.1) is 0 Å². The fourth-order valence-corrected chi connectivity index (χ4v) is 10.5. The average Bonchev–Trinajstić information content (AvgIpc) is 4.13. The van der Waals surface area contributed by atoms with Gasteiger partial charge in [-0.2, -0.15) is 14.9 Å². The van der Waals surface area contributed by atoms with Gasteiger partial charge in [-0.3, -0.25) is 9.59 Å². The van der Waals surface area contributed by atoms with Crippen LogP contribution in [0, 0.1) is 23.7 Å². The van der Waals surface area contributed by atoms with Crippen LogP contribution in [0.5, 0.6) is 34.5 Å². The largest absolute Gasteiger partial charge is 0.494 e. The number of carbonyl (C=O) groups excluding carboxylic acids is 4. The lowest BCUT2D eigenvalue weighted by molar-refractivity contribution is -0.218. The Kier molecular flexibility index (Phi) is 27.2. The molecule has 0 atom stereocenters. The topological polar surface area (TPSA) is 209 Å². The van der Waals surface area contributed by atoms with Crippen molar-refractivity contribution in [2.45, 2.75) is 116 Å².